The molecule has 25 heavy (non-hydrogen) atoms. The molecule has 1 aliphatic heterocycles. The van der Waals surface area contributed by atoms with Crippen LogP contribution in [0.4, 0.5) is 0 Å². The number of fused-ring (bicyclic) bond motifs is 1. The molecule has 4 rings (SSSR count). The van der Waals surface area contributed by atoms with Crippen LogP contribution in [0.1, 0.15) is 45.9 Å². The molecule has 2 aromatic heterocycles. The van der Waals surface area contributed by atoms with Crippen molar-refractivity contribution in [3.05, 3.63) is 69.7 Å². The molecule has 0 bridgehead atoms. The first-order valence-corrected chi connectivity index (χ1v) is 9.45. The summed E-state index contributed by atoms with van der Waals surface area (Å²) in [6, 6.07) is 12.4. The number of rotatable bonds is 4. The molecule has 1 unspecified atom stereocenters. The molecule has 1 aliphatic rings. The number of thiophene rings is 1. The number of carbonyl (C=O) groups is 1. The fourth-order valence-electron chi connectivity index (χ4n) is 3.47. The van der Waals surface area contributed by atoms with E-state index in [1.165, 1.54) is 10.4 Å². The van der Waals surface area contributed by atoms with Gasteiger partial charge in [-0.25, -0.2) is 4.68 Å². The van der Waals surface area contributed by atoms with Crippen LogP contribution in [0.25, 0.3) is 0 Å². The normalized spacial score (nSPS) is 16.7. The molecule has 1 atom stereocenters. The molecule has 0 saturated heterocycles. The highest BCUT2D eigenvalue weighted by Gasteiger charge is 2.32. The van der Waals surface area contributed by atoms with Crippen LogP contribution in [0.15, 0.2) is 48.0 Å². The highest BCUT2D eigenvalue weighted by Crippen LogP contribution is 2.35. The second kappa shape index (κ2) is 6.80. The van der Waals surface area contributed by atoms with Crippen molar-refractivity contribution in [2.75, 3.05) is 6.54 Å². The minimum absolute atomic E-state index is 0.0250. The van der Waals surface area contributed by atoms with Gasteiger partial charge in [-0.05, 0) is 35.4 Å². The van der Waals surface area contributed by atoms with Crippen LogP contribution in [0.3, 0.4) is 0 Å². The maximum absolute atomic E-state index is 13.0. The minimum atomic E-state index is -0.0250. The molecule has 128 valence electrons. The summed E-state index contributed by atoms with van der Waals surface area (Å²) in [5, 5.41) is 10.4. The van der Waals surface area contributed by atoms with Crippen LogP contribution < -0.4 is 0 Å². The molecule has 1 aromatic carbocycles. The average molecular weight is 352 g/mol. The summed E-state index contributed by atoms with van der Waals surface area (Å²) >= 11 is 1.79. The van der Waals surface area contributed by atoms with Gasteiger partial charge in [0.05, 0.1) is 18.8 Å². The molecule has 6 heteroatoms. The number of amides is 1. The van der Waals surface area contributed by atoms with Crippen LogP contribution in [-0.2, 0) is 13.0 Å². The molecular formula is C19H20N4OS. The Balaban J connectivity index is 1.53. The Hall–Kier alpha value is -2.47. The van der Waals surface area contributed by atoms with Gasteiger partial charge in [-0.3, -0.25) is 4.79 Å². The van der Waals surface area contributed by atoms with Crippen molar-refractivity contribution >= 4 is 17.2 Å². The standard InChI is InChI=1S/C19H20N4OS/c1-2-17-15-9-11-25-18(15)8-10-23(17)19(24)16-13-22(21-20-16)12-14-6-4-3-5-7-14/h3-7,9,11,13,17H,2,8,10,12H2,1H3. The third-order valence-electron chi connectivity index (χ3n) is 4.69. The van der Waals surface area contributed by atoms with Gasteiger partial charge in [0.25, 0.3) is 5.91 Å². The van der Waals surface area contributed by atoms with Crippen LogP contribution in [0, 0.1) is 0 Å². The van der Waals surface area contributed by atoms with E-state index in [0.29, 0.717) is 12.2 Å². The van der Waals surface area contributed by atoms with Crippen LogP contribution in [0.5, 0.6) is 0 Å². The lowest BCUT2D eigenvalue weighted by Gasteiger charge is -2.34. The number of benzene rings is 1. The summed E-state index contributed by atoms with van der Waals surface area (Å²) in [6.45, 7) is 3.49. The van der Waals surface area contributed by atoms with E-state index in [4.69, 9.17) is 0 Å². The van der Waals surface area contributed by atoms with E-state index >= 15 is 0 Å². The van der Waals surface area contributed by atoms with Crippen LogP contribution >= 0.6 is 11.3 Å². The fourth-order valence-corrected chi connectivity index (χ4v) is 4.40. The van der Waals surface area contributed by atoms with E-state index in [0.717, 1.165) is 24.9 Å². The first-order chi connectivity index (χ1) is 12.3. The van der Waals surface area contributed by atoms with Crippen molar-refractivity contribution in [2.24, 2.45) is 0 Å². The maximum Gasteiger partial charge on any atom is 0.276 e. The van der Waals surface area contributed by atoms with E-state index in [1.807, 2.05) is 35.2 Å². The minimum Gasteiger partial charge on any atom is -0.330 e. The van der Waals surface area contributed by atoms with Gasteiger partial charge >= 0.3 is 0 Å². The second-order valence-electron chi connectivity index (χ2n) is 6.26. The van der Waals surface area contributed by atoms with Gasteiger partial charge in [-0.15, -0.1) is 16.4 Å². The van der Waals surface area contributed by atoms with E-state index in [9.17, 15) is 4.79 Å². The van der Waals surface area contributed by atoms with Crippen molar-refractivity contribution in [2.45, 2.75) is 32.4 Å². The van der Waals surface area contributed by atoms with E-state index in [2.05, 4.69) is 28.7 Å². The van der Waals surface area contributed by atoms with Gasteiger partial charge in [-0.2, -0.15) is 0 Å². The zero-order valence-electron chi connectivity index (χ0n) is 14.1. The van der Waals surface area contributed by atoms with Gasteiger partial charge in [-0.1, -0.05) is 42.5 Å². The van der Waals surface area contributed by atoms with Crippen LogP contribution in [0.2, 0.25) is 0 Å². The zero-order chi connectivity index (χ0) is 17.2. The SMILES string of the molecule is CCC1c2ccsc2CCN1C(=O)c1cn(Cc2ccccc2)nn1. The summed E-state index contributed by atoms with van der Waals surface area (Å²) in [4.78, 5) is 16.3. The smallest absolute Gasteiger partial charge is 0.276 e. The largest absolute Gasteiger partial charge is 0.330 e. The van der Waals surface area contributed by atoms with Gasteiger partial charge in [0.2, 0.25) is 0 Å². The lowest BCUT2D eigenvalue weighted by atomic mass is 9.97. The summed E-state index contributed by atoms with van der Waals surface area (Å²) in [5.41, 5.74) is 2.86. The van der Waals surface area contributed by atoms with Gasteiger partial charge in [0.1, 0.15) is 0 Å². The van der Waals surface area contributed by atoms with Gasteiger partial charge in [0.15, 0.2) is 5.69 Å². The summed E-state index contributed by atoms with van der Waals surface area (Å²) < 4.78 is 1.73. The monoisotopic (exact) mass is 352 g/mol. The van der Waals surface area contributed by atoms with Crippen molar-refractivity contribution in [1.29, 1.82) is 0 Å². The summed E-state index contributed by atoms with van der Waals surface area (Å²) in [7, 11) is 0. The Bertz CT molecular complexity index is 870. The third kappa shape index (κ3) is 3.09. The summed E-state index contributed by atoms with van der Waals surface area (Å²) in [5.74, 6) is -0.0250. The third-order valence-corrected chi connectivity index (χ3v) is 5.68. The molecular weight excluding hydrogens is 332 g/mol. The predicted molar refractivity (Wildman–Crippen MR) is 97.7 cm³/mol. The van der Waals surface area contributed by atoms with Crippen molar-refractivity contribution < 1.29 is 4.79 Å². The predicted octanol–water partition coefficient (Wildman–Crippen LogP) is 3.54. The van der Waals surface area contributed by atoms with E-state index < -0.39 is 0 Å². The van der Waals surface area contributed by atoms with Crippen molar-refractivity contribution in [3.63, 3.8) is 0 Å². The maximum atomic E-state index is 13.0. The van der Waals surface area contributed by atoms with E-state index in [-0.39, 0.29) is 11.9 Å². The molecule has 1 amide bonds. The average Bonchev–Trinajstić information content (AvgIpc) is 3.30. The Morgan fingerprint density at radius 1 is 1.28 bits per heavy atom. The molecule has 5 nitrogen and oxygen atoms in total. The molecule has 0 radical (unpaired) electrons. The number of carbonyl (C=O) groups excluding carboxylic acids is 1. The van der Waals surface area contributed by atoms with Crippen molar-refractivity contribution in [3.8, 4) is 0 Å². The second-order valence-corrected chi connectivity index (χ2v) is 7.26. The highest BCUT2D eigenvalue weighted by molar-refractivity contribution is 7.10. The molecule has 3 heterocycles. The van der Waals surface area contributed by atoms with Gasteiger partial charge in [0, 0.05) is 11.4 Å². The number of hydrogen-bond acceptors (Lipinski definition) is 4. The van der Waals surface area contributed by atoms with Crippen LogP contribution in [-0.4, -0.2) is 32.3 Å². The zero-order valence-corrected chi connectivity index (χ0v) is 14.9. The number of nitrogens with zero attached hydrogens (tertiary/aromatic N) is 4. The molecule has 0 spiro atoms. The Morgan fingerprint density at radius 3 is 2.92 bits per heavy atom. The lowest BCUT2D eigenvalue weighted by molar-refractivity contribution is 0.0651. The highest BCUT2D eigenvalue weighted by atomic mass is 32.1. The fraction of sp³-hybridized carbons (Fsp3) is 0.316. The molecule has 3 aromatic rings. The number of aromatic nitrogens is 3. The van der Waals surface area contributed by atoms with Crippen molar-refractivity contribution in [1.82, 2.24) is 19.9 Å². The first kappa shape index (κ1) is 16.0. The van der Waals surface area contributed by atoms with E-state index in [1.54, 1.807) is 22.2 Å². The van der Waals surface area contributed by atoms with Gasteiger partial charge < -0.3 is 4.90 Å². The Labute approximate surface area is 150 Å². The quantitative estimate of drug-likeness (QED) is 0.722. The summed E-state index contributed by atoms with van der Waals surface area (Å²) in [6.07, 6.45) is 3.59. The molecule has 0 aliphatic carbocycles. The lowest BCUT2D eigenvalue weighted by Crippen LogP contribution is -2.39. The topological polar surface area (TPSA) is 51.0 Å². The molecule has 0 saturated carbocycles. The Kier molecular flexibility index (Phi) is 4.36. The Morgan fingerprint density at radius 2 is 2.12 bits per heavy atom. The first-order valence-electron chi connectivity index (χ1n) is 8.57. The number of hydrogen-bond donors (Lipinski definition) is 0. The molecule has 0 N–H and O–H groups in total. The molecule has 0 fully saturated rings.